The van der Waals surface area contributed by atoms with E-state index >= 15 is 0 Å². The molecule has 25 heavy (non-hydrogen) atoms. The molecule has 1 aromatic carbocycles. The fourth-order valence-electron chi connectivity index (χ4n) is 3.08. The lowest BCUT2D eigenvalue weighted by atomic mass is 10.1. The number of carbonyl (C=O) groups is 1. The van der Waals surface area contributed by atoms with E-state index in [0.717, 1.165) is 17.7 Å². The number of hydrogen-bond acceptors (Lipinski definition) is 5. The monoisotopic (exact) mass is 343 g/mol. The van der Waals surface area contributed by atoms with Crippen molar-refractivity contribution in [3.63, 3.8) is 0 Å². The highest BCUT2D eigenvalue weighted by molar-refractivity contribution is 5.92. The van der Waals surface area contributed by atoms with E-state index in [0.29, 0.717) is 30.6 Å². The van der Waals surface area contributed by atoms with Crippen molar-refractivity contribution in [1.82, 2.24) is 15.8 Å². The third-order valence-electron chi connectivity index (χ3n) is 4.57. The largest absolute Gasteiger partial charge is 0.497 e. The van der Waals surface area contributed by atoms with Crippen molar-refractivity contribution in [2.45, 2.75) is 44.7 Å². The van der Waals surface area contributed by atoms with Gasteiger partial charge < -0.3 is 19.9 Å². The van der Waals surface area contributed by atoms with Crippen molar-refractivity contribution >= 4 is 5.91 Å². The number of aromatic nitrogens is 1. The molecule has 0 bridgehead atoms. The second-order valence-electron chi connectivity index (χ2n) is 6.39. The molecule has 1 aliphatic rings. The van der Waals surface area contributed by atoms with Crippen molar-refractivity contribution in [2.24, 2.45) is 0 Å². The Labute approximate surface area is 147 Å². The number of methoxy groups -OCH3 is 1. The molecule has 1 aliphatic carbocycles. The van der Waals surface area contributed by atoms with E-state index in [9.17, 15) is 4.79 Å². The first-order chi connectivity index (χ1) is 12.2. The van der Waals surface area contributed by atoms with Gasteiger partial charge in [-0.05, 0) is 37.0 Å². The molecule has 1 aromatic heterocycles. The number of nitrogens with one attached hydrogen (secondary N) is 2. The minimum atomic E-state index is -0.204. The smallest absolute Gasteiger partial charge is 0.273 e. The van der Waals surface area contributed by atoms with E-state index in [1.54, 1.807) is 13.2 Å². The van der Waals surface area contributed by atoms with Crippen molar-refractivity contribution < 1.29 is 14.1 Å². The molecule has 0 atom stereocenters. The normalized spacial score (nSPS) is 14.6. The minimum absolute atomic E-state index is 0.204. The van der Waals surface area contributed by atoms with Crippen LogP contribution in [0.25, 0.3) is 0 Å². The summed E-state index contributed by atoms with van der Waals surface area (Å²) in [6.45, 7) is 1.17. The molecule has 1 fully saturated rings. The first-order valence-electron chi connectivity index (χ1n) is 8.84. The summed E-state index contributed by atoms with van der Waals surface area (Å²) in [4.78, 5) is 12.1. The molecular formula is C19H25N3O3. The van der Waals surface area contributed by atoms with Crippen LogP contribution >= 0.6 is 0 Å². The number of benzene rings is 1. The van der Waals surface area contributed by atoms with Crippen LogP contribution in [0.2, 0.25) is 0 Å². The third kappa shape index (κ3) is 5.06. The summed E-state index contributed by atoms with van der Waals surface area (Å²) in [7, 11) is 1.64. The van der Waals surface area contributed by atoms with Crippen LogP contribution in [0.15, 0.2) is 34.9 Å². The Kier molecular flexibility index (Phi) is 6.06. The lowest BCUT2D eigenvalue weighted by Gasteiger charge is -2.08. The number of carbonyl (C=O) groups excluding carboxylic acids is 1. The van der Waals surface area contributed by atoms with E-state index in [-0.39, 0.29) is 5.91 Å². The summed E-state index contributed by atoms with van der Waals surface area (Å²) < 4.78 is 10.4. The zero-order valence-electron chi connectivity index (χ0n) is 14.6. The minimum Gasteiger partial charge on any atom is -0.497 e. The van der Waals surface area contributed by atoms with Crippen LogP contribution in [0, 0.1) is 0 Å². The van der Waals surface area contributed by atoms with Gasteiger partial charge >= 0.3 is 0 Å². The molecule has 0 unspecified atom stereocenters. The van der Waals surface area contributed by atoms with E-state index < -0.39 is 0 Å². The number of ether oxygens (including phenoxy) is 1. The SMILES string of the molecule is COc1ccc(CCNC(=O)c2cc(CNC3CCCC3)on2)cc1. The van der Waals surface area contributed by atoms with Gasteiger partial charge in [0.1, 0.15) is 5.75 Å². The van der Waals surface area contributed by atoms with Crippen LogP contribution in [0.4, 0.5) is 0 Å². The molecule has 0 spiro atoms. The summed E-state index contributed by atoms with van der Waals surface area (Å²) in [5.74, 6) is 1.32. The van der Waals surface area contributed by atoms with Gasteiger partial charge in [0.15, 0.2) is 11.5 Å². The van der Waals surface area contributed by atoms with Crippen LogP contribution in [0.5, 0.6) is 5.75 Å². The second kappa shape index (κ2) is 8.67. The van der Waals surface area contributed by atoms with Gasteiger partial charge in [-0.2, -0.15) is 0 Å². The van der Waals surface area contributed by atoms with Gasteiger partial charge in [-0.15, -0.1) is 0 Å². The second-order valence-corrected chi connectivity index (χ2v) is 6.39. The predicted molar refractivity (Wildman–Crippen MR) is 94.6 cm³/mol. The maximum Gasteiger partial charge on any atom is 0.273 e. The molecule has 3 rings (SSSR count). The highest BCUT2D eigenvalue weighted by Crippen LogP contribution is 2.18. The lowest BCUT2D eigenvalue weighted by Crippen LogP contribution is -2.26. The average Bonchev–Trinajstić information content (AvgIpc) is 3.32. The van der Waals surface area contributed by atoms with Gasteiger partial charge in [-0.25, -0.2) is 0 Å². The highest BCUT2D eigenvalue weighted by atomic mass is 16.5. The third-order valence-corrected chi connectivity index (χ3v) is 4.57. The topological polar surface area (TPSA) is 76.4 Å². The molecule has 1 heterocycles. The molecule has 0 saturated heterocycles. The molecule has 6 heteroatoms. The number of amides is 1. The summed E-state index contributed by atoms with van der Waals surface area (Å²) in [6, 6.07) is 10.1. The van der Waals surface area contributed by atoms with Crippen molar-refractivity contribution in [3.8, 4) is 5.75 Å². The van der Waals surface area contributed by atoms with Gasteiger partial charge in [0.2, 0.25) is 0 Å². The number of rotatable bonds is 8. The number of nitrogens with zero attached hydrogens (tertiary/aromatic N) is 1. The maximum absolute atomic E-state index is 12.1. The van der Waals surface area contributed by atoms with E-state index in [2.05, 4.69) is 15.8 Å². The van der Waals surface area contributed by atoms with Crippen LogP contribution in [-0.4, -0.2) is 30.8 Å². The van der Waals surface area contributed by atoms with Crippen LogP contribution in [0.1, 0.15) is 47.5 Å². The zero-order valence-corrected chi connectivity index (χ0v) is 14.6. The van der Waals surface area contributed by atoms with Crippen molar-refractivity contribution in [3.05, 3.63) is 47.3 Å². The fraction of sp³-hybridized carbons (Fsp3) is 0.474. The van der Waals surface area contributed by atoms with Crippen LogP contribution < -0.4 is 15.4 Å². The quantitative estimate of drug-likeness (QED) is 0.771. The summed E-state index contributed by atoms with van der Waals surface area (Å²) in [5, 5.41) is 10.2. The van der Waals surface area contributed by atoms with Gasteiger partial charge in [0, 0.05) is 18.7 Å². The van der Waals surface area contributed by atoms with Gasteiger partial charge in [-0.1, -0.05) is 30.1 Å². The van der Waals surface area contributed by atoms with Crippen LogP contribution in [-0.2, 0) is 13.0 Å². The van der Waals surface area contributed by atoms with E-state index in [1.807, 2.05) is 24.3 Å². The first kappa shape index (κ1) is 17.5. The van der Waals surface area contributed by atoms with Crippen LogP contribution in [0.3, 0.4) is 0 Å². The summed E-state index contributed by atoms with van der Waals surface area (Å²) >= 11 is 0. The summed E-state index contributed by atoms with van der Waals surface area (Å²) in [5.41, 5.74) is 1.47. The Morgan fingerprint density at radius 1 is 1.28 bits per heavy atom. The summed E-state index contributed by atoms with van der Waals surface area (Å²) in [6.07, 6.45) is 5.76. The average molecular weight is 343 g/mol. The Hall–Kier alpha value is -2.34. The number of hydrogen-bond donors (Lipinski definition) is 2. The Balaban J connectivity index is 1.41. The molecular weight excluding hydrogens is 318 g/mol. The molecule has 2 aromatic rings. The van der Waals surface area contributed by atoms with Gasteiger partial charge in [-0.3, -0.25) is 4.79 Å². The van der Waals surface area contributed by atoms with Crippen molar-refractivity contribution in [2.75, 3.05) is 13.7 Å². The van der Waals surface area contributed by atoms with Crippen molar-refractivity contribution in [1.29, 1.82) is 0 Å². The Bertz CT molecular complexity index is 675. The van der Waals surface area contributed by atoms with Gasteiger partial charge in [0.05, 0.1) is 13.7 Å². The van der Waals surface area contributed by atoms with Gasteiger partial charge in [0.25, 0.3) is 5.91 Å². The predicted octanol–water partition coefficient (Wildman–Crippen LogP) is 2.69. The highest BCUT2D eigenvalue weighted by Gasteiger charge is 2.16. The zero-order chi connectivity index (χ0) is 17.5. The lowest BCUT2D eigenvalue weighted by molar-refractivity contribution is 0.0945. The van der Waals surface area contributed by atoms with E-state index in [4.69, 9.17) is 9.26 Å². The molecule has 2 N–H and O–H groups in total. The Morgan fingerprint density at radius 2 is 2.04 bits per heavy atom. The molecule has 1 saturated carbocycles. The molecule has 6 nitrogen and oxygen atoms in total. The fourth-order valence-corrected chi connectivity index (χ4v) is 3.08. The van der Waals surface area contributed by atoms with E-state index in [1.165, 1.54) is 25.7 Å². The standard InChI is InChI=1S/C19H25N3O3/c1-24-16-8-6-14(7-9-16)10-11-20-19(23)18-12-17(25-22-18)13-21-15-4-2-3-5-15/h6-9,12,15,21H,2-5,10-11,13H2,1H3,(H,20,23). The molecule has 1 amide bonds. The first-order valence-corrected chi connectivity index (χ1v) is 8.84. The molecule has 134 valence electrons. The molecule has 0 radical (unpaired) electrons. The molecule has 0 aliphatic heterocycles. The Morgan fingerprint density at radius 3 is 2.76 bits per heavy atom. The maximum atomic E-state index is 12.1.